The number of nitrogens with one attached hydrogen (secondary N) is 8. The van der Waals surface area contributed by atoms with Gasteiger partial charge in [-0.1, -0.05) is 41.9 Å². The Kier molecular flexibility index (Phi) is 21.0. The molecule has 0 aliphatic rings. The molecule has 6 rings (SSSR count). The number of carbonyl (C=O) groups excluding carboxylic acids is 8. The van der Waals surface area contributed by atoms with Crippen LogP contribution in [0.15, 0.2) is 49.1 Å². The molecule has 8 N–H and O–H groups in total. The van der Waals surface area contributed by atoms with E-state index < -0.39 is 23.6 Å². The van der Waals surface area contributed by atoms with Crippen LogP contribution in [-0.2, 0) is 36.8 Å². The molecule has 8 amide bonds. The SMILES string of the molecule is Cc1nc(NC=O)sc1NC(=O)c1cc(C(=O)Nc2cc(C(=O)NCCCN(C)C)n(C)c2)n(CCCCCCCn2cc(C(=O)Nc3sc(NC=O)nc3C)cc2C(=O)Nc2cc(C(=O)NCCCN(C)C)n(C)c2)c1. The number of carbonyl (C=O) groups is 8. The van der Waals surface area contributed by atoms with Gasteiger partial charge in [0.15, 0.2) is 10.3 Å². The lowest BCUT2D eigenvalue weighted by molar-refractivity contribution is -0.106. The van der Waals surface area contributed by atoms with Gasteiger partial charge in [0.25, 0.3) is 35.4 Å². The highest BCUT2D eigenvalue weighted by atomic mass is 32.1. The van der Waals surface area contributed by atoms with E-state index in [0.29, 0.717) is 106 Å². The van der Waals surface area contributed by atoms with Crippen molar-refractivity contribution in [1.82, 2.24) is 48.7 Å². The largest absolute Gasteiger partial charge is 0.351 e. The molecular formula is C51H68N16O8S2. The highest BCUT2D eigenvalue weighted by Crippen LogP contribution is 2.30. The predicted molar refractivity (Wildman–Crippen MR) is 299 cm³/mol. The van der Waals surface area contributed by atoms with Crippen LogP contribution in [-0.4, -0.2) is 141 Å². The van der Waals surface area contributed by atoms with Crippen molar-refractivity contribution in [3.63, 3.8) is 0 Å². The Balaban J connectivity index is 1.11. The van der Waals surface area contributed by atoms with Crippen LogP contribution in [0.25, 0.3) is 0 Å². The van der Waals surface area contributed by atoms with Gasteiger partial charge < -0.3 is 70.6 Å². The Bertz CT molecular complexity index is 2870. The molecule has 0 bridgehead atoms. The number of aromatic nitrogens is 6. The molecule has 6 heterocycles. The first-order valence-corrected chi connectivity index (χ1v) is 26.7. The van der Waals surface area contributed by atoms with Crippen LogP contribution in [0.3, 0.4) is 0 Å². The van der Waals surface area contributed by atoms with Crippen LogP contribution in [0.4, 0.5) is 31.6 Å². The molecule has 0 aliphatic carbocycles. The Morgan fingerprint density at radius 2 is 0.896 bits per heavy atom. The Hall–Kier alpha value is -7.94. The van der Waals surface area contributed by atoms with Gasteiger partial charge in [0.05, 0.1) is 33.9 Å². The van der Waals surface area contributed by atoms with Gasteiger partial charge in [-0.25, -0.2) is 9.97 Å². The molecule has 0 aliphatic heterocycles. The van der Waals surface area contributed by atoms with Crippen molar-refractivity contribution in [3.8, 4) is 0 Å². The number of aryl methyl sites for hydroxylation is 6. The third-order valence-electron chi connectivity index (χ3n) is 12.1. The van der Waals surface area contributed by atoms with Crippen molar-refractivity contribution in [2.24, 2.45) is 14.1 Å². The van der Waals surface area contributed by atoms with Crippen LogP contribution in [0.1, 0.15) is 119 Å². The van der Waals surface area contributed by atoms with E-state index in [1.165, 1.54) is 12.1 Å². The topological polar surface area (TPSA) is 285 Å². The zero-order valence-corrected chi connectivity index (χ0v) is 46.3. The van der Waals surface area contributed by atoms with Crippen molar-refractivity contribution in [2.45, 2.75) is 71.9 Å². The van der Waals surface area contributed by atoms with Crippen LogP contribution >= 0.6 is 22.7 Å². The fraction of sp³-hybridized carbons (Fsp3) is 0.412. The van der Waals surface area contributed by atoms with Gasteiger partial charge >= 0.3 is 0 Å². The quantitative estimate of drug-likeness (QED) is 0.0201. The lowest BCUT2D eigenvalue weighted by Crippen LogP contribution is -2.28. The molecule has 24 nitrogen and oxygen atoms in total. The first-order valence-electron chi connectivity index (χ1n) is 25.0. The monoisotopic (exact) mass is 1100 g/mol. The van der Waals surface area contributed by atoms with Crippen molar-refractivity contribution in [1.29, 1.82) is 0 Å². The maximum absolute atomic E-state index is 14.0. The number of hydrogen-bond donors (Lipinski definition) is 8. The molecule has 6 aromatic heterocycles. The lowest BCUT2D eigenvalue weighted by Gasteiger charge is -2.10. The van der Waals surface area contributed by atoms with E-state index in [2.05, 4.69) is 52.5 Å². The molecule has 0 atom stereocenters. The molecule has 77 heavy (non-hydrogen) atoms. The summed E-state index contributed by atoms with van der Waals surface area (Å²) in [6.07, 6.45) is 12.6. The van der Waals surface area contributed by atoms with Gasteiger partial charge in [-0.3, -0.25) is 38.4 Å². The maximum Gasteiger partial charge on any atom is 0.272 e. The third-order valence-corrected chi connectivity index (χ3v) is 14.1. The van der Waals surface area contributed by atoms with Crippen molar-refractivity contribution >= 4 is 103 Å². The van der Waals surface area contributed by atoms with Crippen molar-refractivity contribution < 1.29 is 38.4 Å². The summed E-state index contributed by atoms with van der Waals surface area (Å²) in [4.78, 5) is 116. The zero-order chi connectivity index (χ0) is 55.8. The molecule has 0 saturated carbocycles. The van der Waals surface area contributed by atoms with E-state index in [1.54, 1.807) is 83.1 Å². The molecule has 6 aromatic rings. The molecule has 0 spiro atoms. The van der Waals surface area contributed by atoms with E-state index in [4.69, 9.17) is 0 Å². The van der Waals surface area contributed by atoms with Gasteiger partial charge in [-0.2, -0.15) is 0 Å². The number of amides is 8. The number of hydrogen-bond acceptors (Lipinski definition) is 14. The maximum atomic E-state index is 14.0. The van der Waals surface area contributed by atoms with Gasteiger partial charge in [-0.05, 0) is 105 Å². The fourth-order valence-electron chi connectivity index (χ4n) is 8.20. The van der Waals surface area contributed by atoms with Crippen LogP contribution in [0, 0.1) is 13.8 Å². The van der Waals surface area contributed by atoms with E-state index in [1.807, 2.05) is 38.0 Å². The van der Waals surface area contributed by atoms with Gasteiger partial charge in [-0.15, -0.1) is 0 Å². The van der Waals surface area contributed by atoms with Crippen molar-refractivity contribution in [2.75, 3.05) is 86.3 Å². The van der Waals surface area contributed by atoms with Crippen LogP contribution in [0.2, 0.25) is 0 Å². The second kappa shape index (κ2) is 27.7. The van der Waals surface area contributed by atoms with Crippen LogP contribution < -0.4 is 42.5 Å². The molecule has 0 fully saturated rings. The third kappa shape index (κ3) is 16.5. The first kappa shape index (κ1) is 58.3. The Labute approximate surface area is 454 Å². The van der Waals surface area contributed by atoms with Gasteiger partial charge in [0.2, 0.25) is 12.8 Å². The first-order chi connectivity index (χ1) is 36.8. The van der Waals surface area contributed by atoms with E-state index in [-0.39, 0.29) is 34.3 Å². The summed E-state index contributed by atoms with van der Waals surface area (Å²) in [6, 6.07) is 6.21. The Morgan fingerprint density at radius 3 is 1.27 bits per heavy atom. The number of anilines is 6. The molecular weight excluding hydrogens is 1030 g/mol. The molecule has 26 heteroatoms. The van der Waals surface area contributed by atoms with Gasteiger partial charge in [0, 0.05) is 65.1 Å². The Morgan fingerprint density at radius 1 is 0.506 bits per heavy atom. The average molecular weight is 1100 g/mol. The number of nitrogens with zero attached hydrogens (tertiary/aromatic N) is 8. The van der Waals surface area contributed by atoms with Gasteiger partial charge in [0.1, 0.15) is 32.8 Å². The minimum Gasteiger partial charge on any atom is -0.351 e. The number of thiazole rings is 2. The molecule has 412 valence electrons. The number of unbranched alkanes of at least 4 members (excludes halogenated alkanes) is 4. The van der Waals surface area contributed by atoms with E-state index >= 15 is 0 Å². The fourth-order valence-corrected chi connectivity index (χ4v) is 9.84. The highest BCUT2D eigenvalue weighted by Gasteiger charge is 2.23. The number of rotatable bonds is 30. The van der Waals surface area contributed by atoms with Crippen LogP contribution in [0.5, 0.6) is 0 Å². The average Bonchev–Trinajstić information content (AvgIpc) is 4.25. The van der Waals surface area contributed by atoms with E-state index in [0.717, 1.165) is 67.9 Å². The van der Waals surface area contributed by atoms with E-state index in [9.17, 15) is 38.4 Å². The molecule has 0 aromatic carbocycles. The second-order valence-electron chi connectivity index (χ2n) is 18.9. The summed E-state index contributed by atoms with van der Waals surface area (Å²) in [7, 11) is 11.3. The molecule has 0 radical (unpaired) electrons. The molecule has 0 unspecified atom stereocenters. The summed E-state index contributed by atoms with van der Waals surface area (Å²) < 4.78 is 6.72. The zero-order valence-electron chi connectivity index (χ0n) is 44.6. The standard InChI is InChI=1S/C51H68N16O8S2/c1-32-48(76-50(56-32)54-30-68)60-42(70)34-22-40(46(74)58-36-24-38(64(7)28-36)44(72)52-16-14-18-62(3)4)66(26-34)20-12-10-9-11-13-21-67-27-35(43(71)61-49-33(2)57-51(77-49)55-31-69)23-41(67)47(75)59-37-25-39(65(8)29-37)45(73)53-17-15-19-63(5)6/h22-31H,9-21H2,1-8H3,(H,52,72)(H,53,73)(H,58,74)(H,59,75)(H,60,70)(H,61,71)(H,54,56,68)(H,55,57,69). The second-order valence-corrected chi connectivity index (χ2v) is 20.9. The summed E-state index contributed by atoms with van der Waals surface area (Å²) in [6.45, 7) is 6.80. The molecule has 0 saturated heterocycles. The summed E-state index contributed by atoms with van der Waals surface area (Å²) in [5.41, 5.74) is 3.46. The minimum atomic E-state index is -0.482. The summed E-state index contributed by atoms with van der Waals surface area (Å²) >= 11 is 2.20. The summed E-state index contributed by atoms with van der Waals surface area (Å²) in [5, 5.41) is 23.8. The predicted octanol–water partition coefficient (Wildman–Crippen LogP) is 5.66. The van der Waals surface area contributed by atoms with Crippen molar-refractivity contribution in [3.05, 3.63) is 94.3 Å². The smallest absolute Gasteiger partial charge is 0.272 e. The highest BCUT2D eigenvalue weighted by molar-refractivity contribution is 7.20. The minimum absolute atomic E-state index is 0.226. The normalized spacial score (nSPS) is 11.1. The lowest BCUT2D eigenvalue weighted by atomic mass is 10.1. The summed E-state index contributed by atoms with van der Waals surface area (Å²) in [5.74, 6) is -2.46.